The molecule has 2 saturated heterocycles. The Morgan fingerprint density at radius 2 is 2.17 bits per heavy atom. The summed E-state index contributed by atoms with van der Waals surface area (Å²) in [4.78, 5) is 18.3. The Morgan fingerprint density at radius 1 is 1.33 bits per heavy atom. The first-order valence-corrected chi connectivity index (χ1v) is 9.81. The van der Waals surface area contributed by atoms with Crippen LogP contribution in [0.1, 0.15) is 32.1 Å². The Labute approximate surface area is 147 Å². The normalized spacial score (nSPS) is 25.8. The van der Waals surface area contributed by atoms with Crippen molar-refractivity contribution in [3.8, 4) is 5.75 Å². The van der Waals surface area contributed by atoms with Crippen molar-refractivity contribution in [2.45, 2.75) is 49.1 Å². The van der Waals surface area contributed by atoms with E-state index in [1.54, 1.807) is 12.4 Å². The lowest BCUT2D eigenvalue weighted by molar-refractivity contribution is -0.143. The molecule has 130 valence electrons. The summed E-state index contributed by atoms with van der Waals surface area (Å²) in [5, 5.41) is 0. The number of amides is 1. The maximum absolute atomic E-state index is 12.2. The van der Waals surface area contributed by atoms with Crippen LogP contribution in [0.5, 0.6) is 5.75 Å². The molecule has 3 heterocycles. The molecule has 0 aromatic carbocycles. The molecule has 3 fully saturated rings. The van der Waals surface area contributed by atoms with Crippen molar-refractivity contribution in [1.29, 1.82) is 0 Å². The summed E-state index contributed by atoms with van der Waals surface area (Å²) in [5.74, 6) is 1.96. The Morgan fingerprint density at radius 3 is 2.92 bits per heavy atom. The van der Waals surface area contributed by atoms with Gasteiger partial charge in [-0.1, -0.05) is 12.8 Å². The number of pyridine rings is 1. The average molecular weight is 348 g/mol. The minimum absolute atomic E-state index is 0.143. The van der Waals surface area contributed by atoms with E-state index in [0.29, 0.717) is 6.10 Å². The summed E-state index contributed by atoms with van der Waals surface area (Å²) in [5.41, 5.74) is 0. The highest BCUT2D eigenvalue weighted by Crippen LogP contribution is 2.46. The number of aromatic nitrogens is 1. The molecular formula is C18H24N2O3S. The molecule has 0 bridgehead atoms. The molecule has 0 N–H and O–H groups in total. The zero-order valence-corrected chi connectivity index (χ0v) is 14.7. The predicted molar refractivity (Wildman–Crippen MR) is 93.2 cm³/mol. The van der Waals surface area contributed by atoms with Crippen molar-refractivity contribution >= 4 is 17.7 Å². The van der Waals surface area contributed by atoms with Crippen molar-refractivity contribution < 1.29 is 14.3 Å². The molecule has 3 aliphatic rings. The smallest absolute Gasteiger partial charge is 0.248 e. The van der Waals surface area contributed by atoms with Crippen LogP contribution in [0.25, 0.3) is 0 Å². The Bertz CT molecular complexity index is 571. The lowest BCUT2D eigenvalue weighted by Gasteiger charge is -2.47. The van der Waals surface area contributed by atoms with E-state index in [2.05, 4.69) is 4.98 Å². The third kappa shape index (κ3) is 3.54. The van der Waals surface area contributed by atoms with Gasteiger partial charge in [-0.25, -0.2) is 0 Å². The number of ether oxygens (including phenoxy) is 2. The van der Waals surface area contributed by atoms with E-state index < -0.39 is 0 Å². The molecule has 1 aliphatic carbocycles. The largest absolute Gasteiger partial charge is 0.488 e. The molecule has 5 nitrogen and oxygen atoms in total. The van der Waals surface area contributed by atoms with Gasteiger partial charge in [0.2, 0.25) is 5.91 Å². The second-order valence-electron chi connectivity index (χ2n) is 7.09. The number of nitrogens with zero attached hydrogens (tertiary/aromatic N) is 2. The lowest BCUT2D eigenvalue weighted by atomic mass is 9.93. The zero-order chi connectivity index (χ0) is 16.4. The highest BCUT2D eigenvalue weighted by molar-refractivity contribution is 8.01. The van der Waals surface area contributed by atoms with Gasteiger partial charge in [-0.3, -0.25) is 9.78 Å². The standard InChI is InChI=1S/C18H24N2O3S/c21-17(10-22-14-4-1-2-5-14)20-12-18(13-20)8-16(11-24-18)23-15-6-3-7-19-9-15/h3,6-7,9,14,16H,1-2,4-5,8,10-13H2. The van der Waals surface area contributed by atoms with Crippen molar-refractivity contribution in [1.82, 2.24) is 9.88 Å². The summed E-state index contributed by atoms with van der Waals surface area (Å²) in [6.45, 7) is 1.91. The lowest BCUT2D eigenvalue weighted by Crippen LogP contribution is -2.61. The van der Waals surface area contributed by atoms with Crippen molar-refractivity contribution in [2.24, 2.45) is 0 Å². The van der Waals surface area contributed by atoms with Crippen molar-refractivity contribution in [3.05, 3.63) is 24.5 Å². The van der Waals surface area contributed by atoms with E-state index in [4.69, 9.17) is 9.47 Å². The van der Waals surface area contributed by atoms with Gasteiger partial charge in [0.1, 0.15) is 18.5 Å². The minimum Gasteiger partial charge on any atom is -0.488 e. The molecule has 1 spiro atoms. The van der Waals surface area contributed by atoms with Crippen molar-refractivity contribution in [3.63, 3.8) is 0 Å². The Balaban J connectivity index is 1.21. The average Bonchev–Trinajstić information content (AvgIpc) is 3.22. The molecule has 1 saturated carbocycles. The SMILES string of the molecule is O=C(COC1CCCC1)N1CC2(CC(Oc3cccnc3)CS2)C1. The van der Waals surface area contributed by atoms with E-state index in [-0.39, 0.29) is 23.4 Å². The van der Waals surface area contributed by atoms with Crippen LogP contribution in [-0.2, 0) is 9.53 Å². The predicted octanol–water partition coefficient (Wildman–Crippen LogP) is 2.51. The Hall–Kier alpha value is -1.27. The fourth-order valence-corrected chi connectivity index (χ4v) is 5.39. The zero-order valence-electron chi connectivity index (χ0n) is 13.9. The van der Waals surface area contributed by atoms with Gasteiger partial charge in [-0.15, -0.1) is 11.8 Å². The van der Waals surface area contributed by atoms with Crippen LogP contribution in [0.4, 0.5) is 0 Å². The first kappa shape index (κ1) is 16.2. The number of hydrogen-bond acceptors (Lipinski definition) is 5. The quantitative estimate of drug-likeness (QED) is 0.818. The van der Waals surface area contributed by atoms with E-state index in [9.17, 15) is 4.79 Å². The van der Waals surface area contributed by atoms with Crippen LogP contribution in [-0.4, -0.2) is 58.2 Å². The van der Waals surface area contributed by atoms with Gasteiger partial charge in [0.15, 0.2) is 0 Å². The summed E-state index contributed by atoms with van der Waals surface area (Å²) in [6, 6.07) is 3.83. The van der Waals surface area contributed by atoms with Gasteiger partial charge in [-0.05, 0) is 25.0 Å². The minimum atomic E-state index is 0.143. The summed E-state index contributed by atoms with van der Waals surface area (Å²) >= 11 is 1.94. The second-order valence-corrected chi connectivity index (χ2v) is 8.58. The van der Waals surface area contributed by atoms with Crippen molar-refractivity contribution in [2.75, 3.05) is 25.4 Å². The first-order chi connectivity index (χ1) is 11.7. The Kier molecular flexibility index (Phi) is 4.68. The van der Waals surface area contributed by atoms with E-state index in [1.807, 2.05) is 28.8 Å². The van der Waals surface area contributed by atoms with Crippen LogP contribution in [0, 0.1) is 0 Å². The molecule has 1 amide bonds. The molecule has 1 atom stereocenters. The summed E-state index contributed by atoms with van der Waals surface area (Å²) < 4.78 is 11.9. The number of thioether (sulfide) groups is 1. The van der Waals surface area contributed by atoms with Crippen LogP contribution in [0.2, 0.25) is 0 Å². The number of hydrogen-bond donors (Lipinski definition) is 0. The molecular weight excluding hydrogens is 324 g/mol. The maximum atomic E-state index is 12.2. The number of likely N-dealkylation sites (tertiary alicyclic amines) is 1. The van der Waals surface area contributed by atoms with E-state index >= 15 is 0 Å². The number of carbonyl (C=O) groups excluding carboxylic acids is 1. The summed E-state index contributed by atoms with van der Waals surface area (Å²) in [7, 11) is 0. The molecule has 4 rings (SSSR count). The van der Waals surface area contributed by atoms with Gasteiger partial charge in [0, 0.05) is 31.5 Å². The molecule has 6 heteroatoms. The van der Waals surface area contributed by atoms with Gasteiger partial charge in [0.25, 0.3) is 0 Å². The molecule has 1 aromatic rings. The number of carbonyl (C=O) groups is 1. The van der Waals surface area contributed by atoms with Crippen LogP contribution in [0.3, 0.4) is 0 Å². The third-order valence-corrected chi connectivity index (χ3v) is 6.74. The molecule has 24 heavy (non-hydrogen) atoms. The van der Waals surface area contributed by atoms with Gasteiger partial charge >= 0.3 is 0 Å². The molecule has 2 aliphatic heterocycles. The highest BCUT2D eigenvalue weighted by Gasteiger charge is 2.51. The topological polar surface area (TPSA) is 51.7 Å². The monoisotopic (exact) mass is 348 g/mol. The van der Waals surface area contributed by atoms with Crippen LogP contribution < -0.4 is 4.74 Å². The second kappa shape index (κ2) is 6.92. The highest BCUT2D eigenvalue weighted by atomic mass is 32.2. The number of rotatable bonds is 5. The van der Waals surface area contributed by atoms with Crippen LogP contribution in [0.15, 0.2) is 24.5 Å². The van der Waals surface area contributed by atoms with Gasteiger partial charge in [-0.2, -0.15) is 0 Å². The van der Waals surface area contributed by atoms with E-state index in [1.165, 1.54) is 12.8 Å². The molecule has 0 radical (unpaired) electrons. The van der Waals surface area contributed by atoms with E-state index in [0.717, 1.165) is 43.9 Å². The van der Waals surface area contributed by atoms with Crippen LogP contribution >= 0.6 is 11.8 Å². The maximum Gasteiger partial charge on any atom is 0.248 e. The van der Waals surface area contributed by atoms with Gasteiger partial charge in [0.05, 0.1) is 17.0 Å². The summed E-state index contributed by atoms with van der Waals surface area (Å²) in [6.07, 6.45) is 9.73. The van der Waals surface area contributed by atoms with Gasteiger partial charge < -0.3 is 14.4 Å². The molecule has 1 unspecified atom stereocenters. The molecule has 1 aromatic heterocycles. The fourth-order valence-electron chi connectivity index (χ4n) is 3.87. The fraction of sp³-hybridized carbons (Fsp3) is 0.667. The first-order valence-electron chi connectivity index (χ1n) is 8.82. The third-order valence-electron chi connectivity index (χ3n) is 5.17.